The number of aliphatic hydroxyl groups excluding tert-OH is 1. The van der Waals surface area contributed by atoms with Crippen LogP contribution in [0.3, 0.4) is 0 Å². The second-order valence-electron chi connectivity index (χ2n) is 6.13. The number of nitrogens with zero attached hydrogens (tertiary/aromatic N) is 1. The van der Waals surface area contributed by atoms with Crippen molar-refractivity contribution in [3.8, 4) is 0 Å². The van der Waals surface area contributed by atoms with Crippen molar-refractivity contribution in [1.29, 1.82) is 0 Å². The second-order valence-corrected chi connectivity index (χ2v) is 6.13. The molecule has 1 amide bonds. The molecule has 1 heterocycles. The van der Waals surface area contributed by atoms with Crippen molar-refractivity contribution >= 4 is 6.09 Å². The number of rotatable bonds is 4. The summed E-state index contributed by atoms with van der Waals surface area (Å²) in [5.41, 5.74) is -0.428. The van der Waals surface area contributed by atoms with E-state index in [4.69, 9.17) is 9.84 Å². The number of carbonyl (C=O) groups excluding carboxylic acids is 1. The molecule has 0 aromatic heterocycles. The Labute approximate surface area is 116 Å². The van der Waals surface area contributed by atoms with Crippen LogP contribution in [0.1, 0.15) is 46.5 Å². The standard InChI is InChI=1S/C14H28N2O3/c1-14(2,3)19-13(18)16-9-4-6-12(7-10-16)15-8-5-11-17/h12,15,17H,4-11H2,1-3H3. The Morgan fingerprint density at radius 1 is 1.37 bits per heavy atom. The summed E-state index contributed by atoms with van der Waals surface area (Å²) >= 11 is 0. The third-order valence-electron chi connectivity index (χ3n) is 3.15. The molecule has 5 nitrogen and oxygen atoms in total. The minimum Gasteiger partial charge on any atom is -0.444 e. The van der Waals surface area contributed by atoms with E-state index in [-0.39, 0.29) is 12.7 Å². The van der Waals surface area contributed by atoms with E-state index in [9.17, 15) is 4.79 Å². The lowest BCUT2D eigenvalue weighted by Crippen LogP contribution is -2.38. The van der Waals surface area contributed by atoms with E-state index in [1.165, 1.54) is 0 Å². The Morgan fingerprint density at radius 3 is 2.74 bits per heavy atom. The van der Waals surface area contributed by atoms with Gasteiger partial charge >= 0.3 is 6.09 Å². The highest BCUT2D eigenvalue weighted by Gasteiger charge is 2.24. The minimum atomic E-state index is -0.428. The maximum Gasteiger partial charge on any atom is 0.410 e. The summed E-state index contributed by atoms with van der Waals surface area (Å²) < 4.78 is 5.40. The highest BCUT2D eigenvalue weighted by Crippen LogP contribution is 2.15. The molecule has 0 bridgehead atoms. The first-order valence-electron chi connectivity index (χ1n) is 7.24. The second kappa shape index (κ2) is 7.70. The Hall–Kier alpha value is -0.810. The van der Waals surface area contributed by atoms with E-state index in [2.05, 4.69) is 5.32 Å². The lowest BCUT2D eigenvalue weighted by atomic mass is 10.1. The van der Waals surface area contributed by atoms with Gasteiger partial charge in [-0.05, 0) is 53.0 Å². The number of hydrogen-bond donors (Lipinski definition) is 2. The van der Waals surface area contributed by atoms with Crippen LogP contribution >= 0.6 is 0 Å². The fraction of sp³-hybridized carbons (Fsp3) is 0.929. The fourth-order valence-electron chi connectivity index (χ4n) is 2.19. The molecule has 0 spiro atoms. The molecule has 1 aliphatic heterocycles. The van der Waals surface area contributed by atoms with Crippen molar-refractivity contribution in [2.75, 3.05) is 26.2 Å². The van der Waals surface area contributed by atoms with E-state index in [0.717, 1.165) is 45.3 Å². The van der Waals surface area contributed by atoms with Gasteiger partial charge < -0.3 is 20.1 Å². The molecule has 1 fully saturated rings. The Bertz CT molecular complexity index is 276. The molecule has 2 N–H and O–H groups in total. The van der Waals surface area contributed by atoms with Gasteiger partial charge in [0.1, 0.15) is 5.60 Å². The summed E-state index contributed by atoms with van der Waals surface area (Å²) in [5.74, 6) is 0. The van der Waals surface area contributed by atoms with Gasteiger partial charge in [0, 0.05) is 25.7 Å². The summed E-state index contributed by atoms with van der Waals surface area (Å²) in [5, 5.41) is 12.2. The molecule has 1 saturated heterocycles. The number of amides is 1. The van der Waals surface area contributed by atoms with Crippen LogP contribution in [0.5, 0.6) is 0 Å². The summed E-state index contributed by atoms with van der Waals surface area (Å²) in [6, 6.07) is 0.444. The van der Waals surface area contributed by atoms with Gasteiger partial charge in [-0.3, -0.25) is 0 Å². The highest BCUT2D eigenvalue weighted by molar-refractivity contribution is 5.68. The lowest BCUT2D eigenvalue weighted by molar-refractivity contribution is 0.0256. The number of ether oxygens (including phenoxy) is 1. The van der Waals surface area contributed by atoms with Crippen LogP contribution in [-0.4, -0.2) is 54.0 Å². The average molecular weight is 272 g/mol. The largest absolute Gasteiger partial charge is 0.444 e. The minimum absolute atomic E-state index is 0.205. The molecule has 1 aliphatic rings. The van der Waals surface area contributed by atoms with Crippen molar-refractivity contribution in [3.05, 3.63) is 0 Å². The summed E-state index contributed by atoms with van der Waals surface area (Å²) in [4.78, 5) is 13.8. The third kappa shape index (κ3) is 6.78. The SMILES string of the molecule is CC(C)(C)OC(=O)N1CCCC(NCCCO)CC1. The van der Waals surface area contributed by atoms with Gasteiger partial charge in [-0.15, -0.1) is 0 Å². The van der Waals surface area contributed by atoms with Crippen molar-refractivity contribution < 1.29 is 14.6 Å². The zero-order valence-corrected chi connectivity index (χ0v) is 12.4. The first-order chi connectivity index (χ1) is 8.92. The summed E-state index contributed by atoms with van der Waals surface area (Å²) in [6.07, 6.45) is 3.60. The van der Waals surface area contributed by atoms with Crippen LogP contribution in [0, 0.1) is 0 Å². The summed E-state index contributed by atoms with van der Waals surface area (Å²) in [6.45, 7) is 8.25. The average Bonchev–Trinajstić information content (AvgIpc) is 2.53. The maximum atomic E-state index is 12.0. The first kappa shape index (κ1) is 16.2. The van der Waals surface area contributed by atoms with Crippen LogP contribution in [0.4, 0.5) is 4.79 Å². The fourth-order valence-corrected chi connectivity index (χ4v) is 2.19. The molecular formula is C14H28N2O3. The molecule has 1 atom stereocenters. The Morgan fingerprint density at radius 2 is 2.11 bits per heavy atom. The monoisotopic (exact) mass is 272 g/mol. The van der Waals surface area contributed by atoms with Gasteiger partial charge in [-0.25, -0.2) is 4.79 Å². The van der Waals surface area contributed by atoms with E-state index >= 15 is 0 Å². The highest BCUT2D eigenvalue weighted by atomic mass is 16.6. The quantitative estimate of drug-likeness (QED) is 0.765. The van der Waals surface area contributed by atoms with Crippen LogP contribution in [0.2, 0.25) is 0 Å². The Kier molecular flexibility index (Phi) is 6.58. The predicted molar refractivity (Wildman–Crippen MR) is 75.2 cm³/mol. The maximum absolute atomic E-state index is 12.0. The first-order valence-corrected chi connectivity index (χ1v) is 7.24. The molecule has 0 aliphatic carbocycles. The van der Waals surface area contributed by atoms with Gasteiger partial charge in [0.25, 0.3) is 0 Å². The summed E-state index contributed by atoms with van der Waals surface area (Å²) in [7, 11) is 0. The predicted octanol–water partition coefficient (Wildman–Crippen LogP) is 1.75. The topological polar surface area (TPSA) is 61.8 Å². The number of carbonyl (C=O) groups is 1. The smallest absolute Gasteiger partial charge is 0.410 e. The van der Waals surface area contributed by atoms with Gasteiger partial charge in [0.15, 0.2) is 0 Å². The van der Waals surface area contributed by atoms with Crippen LogP contribution in [-0.2, 0) is 4.74 Å². The molecular weight excluding hydrogens is 244 g/mol. The molecule has 19 heavy (non-hydrogen) atoms. The molecule has 0 radical (unpaired) electrons. The molecule has 0 aromatic rings. The van der Waals surface area contributed by atoms with Crippen LogP contribution in [0.15, 0.2) is 0 Å². The van der Waals surface area contributed by atoms with Crippen molar-refractivity contribution in [1.82, 2.24) is 10.2 Å². The van der Waals surface area contributed by atoms with E-state index in [1.54, 1.807) is 4.90 Å². The number of hydrogen-bond acceptors (Lipinski definition) is 4. The van der Waals surface area contributed by atoms with Gasteiger partial charge in [-0.1, -0.05) is 0 Å². The van der Waals surface area contributed by atoms with Gasteiger partial charge in [0.05, 0.1) is 0 Å². The lowest BCUT2D eigenvalue weighted by Gasteiger charge is -2.26. The Balaban J connectivity index is 2.34. The zero-order valence-electron chi connectivity index (χ0n) is 12.4. The normalized spacial score (nSPS) is 21.1. The molecule has 0 aromatic carbocycles. The molecule has 5 heteroatoms. The third-order valence-corrected chi connectivity index (χ3v) is 3.15. The molecule has 1 rings (SSSR count). The molecule has 1 unspecified atom stereocenters. The van der Waals surface area contributed by atoms with Crippen LogP contribution in [0.25, 0.3) is 0 Å². The number of nitrogens with one attached hydrogen (secondary N) is 1. The van der Waals surface area contributed by atoms with Crippen molar-refractivity contribution in [2.45, 2.75) is 58.1 Å². The van der Waals surface area contributed by atoms with Gasteiger partial charge in [-0.2, -0.15) is 0 Å². The number of likely N-dealkylation sites (tertiary alicyclic amines) is 1. The molecule has 112 valence electrons. The van der Waals surface area contributed by atoms with Gasteiger partial charge in [0.2, 0.25) is 0 Å². The zero-order chi connectivity index (χ0) is 14.3. The van der Waals surface area contributed by atoms with E-state index < -0.39 is 5.60 Å². The van der Waals surface area contributed by atoms with E-state index in [1.807, 2.05) is 20.8 Å². The van der Waals surface area contributed by atoms with E-state index in [0.29, 0.717) is 6.04 Å². The van der Waals surface area contributed by atoms with Crippen LogP contribution < -0.4 is 5.32 Å². The number of aliphatic hydroxyl groups is 1. The van der Waals surface area contributed by atoms with Crippen molar-refractivity contribution in [2.24, 2.45) is 0 Å². The van der Waals surface area contributed by atoms with Crippen molar-refractivity contribution in [3.63, 3.8) is 0 Å². The molecule has 0 saturated carbocycles.